The second-order valence-corrected chi connectivity index (χ2v) is 4.83. The zero-order valence-electron chi connectivity index (χ0n) is 11.7. The molecule has 0 amide bonds. The quantitative estimate of drug-likeness (QED) is 0.595. The molecule has 1 saturated heterocycles. The van der Waals surface area contributed by atoms with Crippen LogP contribution in [-0.4, -0.2) is 46.6 Å². The van der Waals surface area contributed by atoms with Crippen molar-refractivity contribution in [1.29, 1.82) is 0 Å². The maximum atomic E-state index is 11.8. The molecule has 1 aromatic heterocycles. The van der Waals surface area contributed by atoms with E-state index in [1.807, 2.05) is 20.8 Å². The molecule has 1 aliphatic rings. The largest absolute Gasteiger partial charge is 0.378 e. The molecular formula is C13H20N4O2. The van der Waals surface area contributed by atoms with E-state index in [2.05, 4.69) is 14.9 Å². The molecule has 0 radical (unpaired) electrons. The lowest BCUT2D eigenvalue weighted by molar-refractivity contribution is 0.0678. The number of ether oxygens (including phenoxy) is 1. The van der Waals surface area contributed by atoms with Crippen LogP contribution >= 0.6 is 0 Å². The minimum absolute atomic E-state index is 0.110. The Hall–Kier alpha value is -1.69. The van der Waals surface area contributed by atoms with Crippen molar-refractivity contribution in [2.45, 2.75) is 26.8 Å². The first-order chi connectivity index (χ1) is 9.08. The second kappa shape index (κ2) is 5.97. The molecule has 1 aromatic rings. The Bertz CT molecular complexity index is 516. The molecule has 0 spiro atoms. The zero-order valence-corrected chi connectivity index (χ0v) is 11.7. The van der Waals surface area contributed by atoms with Gasteiger partial charge in [0.25, 0.3) is 0 Å². The fourth-order valence-electron chi connectivity index (χ4n) is 1.98. The molecular weight excluding hydrogens is 244 g/mol. The van der Waals surface area contributed by atoms with Gasteiger partial charge in [0.05, 0.1) is 13.2 Å². The van der Waals surface area contributed by atoms with Gasteiger partial charge in [-0.1, -0.05) is 0 Å². The van der Waals surface area contributed by atoms with E-state index in [4.69, 9.17) is 4.74 Å². The van der Waals surface area contributed by atoms with E-state index in [9.17, 15) is 4.79 Å². The van der Waals surface area contributed by atoms with Gasteiger partial charge in [0.2, 0.25) is 0 Å². The van der Waals surface area contributed by atoms with Crippen LogP contribution in [0.25, 0.3) is 0 Å². The van der Waals surface area contributed by atoms with Gasteiger partial charge in [-0.05, 0) is 26.8 Å². The molecule has 0 N–H and O–H groups in total. The van der Waals surface area contributed by atoms with Crippen LogP contribution in [0, 0.1) is 0 Å². The SMILES string of the molecule is C/C(=N/c1ccn(C(C)C)c(=O)n1)N1CCOCC1. The highest BCUT2D eigenvalue weighted by molar-refractivity contribution is 5.82. The second-order valence-electron chi connectivity index (χ2n) is 4.83. The number of hydrogen-bond donors (Lipinski definition) is 0. The molecule has 1 fully saturated rings. The molecule has 6 nitrogen and oxygen atoms in total. The van der Waals surface area contributed by atoms with Crippen LogP contribution < -0.4 is 5.69 Å². The minimum Gasteiger partial charge on any atom is -0.378 e. The number of rotatable bonds is 2. The van der Waals surface area contributed by atoms with Crippen molar-refractivity contribution in [2.24, 2.45) is 4.99 Å². The van der Waals surface area contributed by atoms with Crippen molar-refractivity contribution in [2.75, 3.05) is 26.3 Å². The molecule has 0 saturated carbocycles. The lowest BCUT2D eigenvalue weighted by Crippen LogP contribution is -2.39. The predicted molar refractivity (Wildman–Crippen MR) is 74.0 cm³/mol. The summed E-state index contributed by atoms with van der Waals surface area (Å²) in [5.74, 6) is 1.34. The number of morpholine rings is 1. The van der Waals surface area contributed by atoms with Crippen molar-refractivity contribution in [3.63, 3.8) is 0 Å². The Morgan fingerprint density at radius 2 is 2.11 bits per heavy atom. The maximum absolute atomic E-state index is 11.8. The van der Waals surface area contributed by atoms with Crippen molar-refractivity contribution in [3.8, 4) is 0 Å². The Morgan fingerprint density at radius 3 is 2.68 bits per heavy atom. The van der Waals surface area contributed by atoms with Gasteiger partial charge in [-0.2, -0.15) is 4.98 Å². The van der Waals surface area contributed by atoms with Crippen LogP contribution in [0.4, 0.5) is 5.82 Å². The van der Waals surface area contributed by atoms with Gasteiger partial charge in [0.15, 0.2) is 5.82 Å². The summed E-state index contributed by atoms with van der Waals surface area (Å²) in [6.45, 7) is 8.93. The molecule has 2 heterocycles. The Morgan fingerprint density at radius 1 is 1.42 bits per heavy atom. The van der Waals surface area contributed by atoms with Crippen LogP contribution in [0.15, 0.2) is 22.1 Å². The Kier molecular flexibility index (Phi) is 4.31. The number of nitrogens with zero attached hydrogens (tertiary/aromatic N) is 4. The predicted octanol–water partition coefficient (Wildman–Crippen LogP) is 1.21. The number of aliphatic imine (C=N–C) groups is 1. The van der Waals surface area contributed by atoms with Gasteiger partial charge in [-0.25, -0.2) is 9.79 Å². The van der Waals surface area contributed by atoms with Gasteiger partial charge >= 0.3 is 5.69 Å². The van der Waals surface area contributed by atoms with E-state index in [0.29, 0.717) is 5.82 Å². The molecule has 104 valence electrons. The molecule has 19 heavy (non-hydrogen) atoms. The third kappa shape index (κ3) is 3.41. The summed E-state index contributed by atoms with van der Waals surface area (Å²) < 4.78 is 6.88. The van der Waals surface area contributed by atoms with E-state index < -0.39 is 0 Å². The average Bonchev–Trinajstić information content (AvgIpc) is 2.39. The van der Waals surface area contributed by atoms with E-state index >= 15 is 0 Å². The lowest BCUT2D eigenvalue weighted by atomic mass is 10.4. The van der Waals surface area contributed by atoms with Crippen LogP contribution in [0.3, 0.4) is 0 Å². The minimum atomic E-state index is -0.258. The monoisotopic (exact) mass is 264 g/mol. The fourth-order valence-corrected chi connectivity index (χ4v) is 1.98. The number of hydrogen-bond acceptors (Lipinski definition) is 4. The molecule has 0 aromatic carbocycles. The lowest BCUT2D eigenvalue weighted by Gasteiger charge is -2.28. The molecule has 0 unspecified atom stereocenters. The average molecular weight is 264 g/mol. The van der Waals surface area contributed by atoms with Crippen molar-refractivity contribution < 1.29 is 4.74 Å². The molecule has 6 heteroatoms. The third-order valence-electron chi connectivity index (χ3n) is 3.12. The number of amidine groups is 1. The zero-order chi connectivity index (χ0) is 13.8. The summed E-state index contributed by atoms with van der Waals surface area (Å²) in [6.07, 6.45) is 1.74. The van der Waals surface area contributed by atoms with Gasteiger partial charge in [0, 0.05) is 25.3 Å². The van der Waals surface area contributed by atoms with E-state index in [0.717, 1.165) is 32.1 Å². The molecule has 1 aliphatic heterocycles. The topological polar surface area (TPSA) is 59.7 Å². The maximum Gasteiger partial charge on any atom is 0.349 e. The third-order valence-corrected chi connectivity index (χ3v) is 3.12. The summed E-state index contributed by atoms with van der Waals surface area (Å²) in [5.41, 5.74) is -0.258. The molecule has 2 rings (SSSR count). The van der Waals surface area contributed by atoms with Gasteiger partial charge < -0.3 is 9.64 Å². The highest BCUT2D eigenvalue weighted by Gasteiger charge is 2.12. The summed E-state index contributed by atoms with van der Waals surface area (Å²) >= 11 is 0. The summed E-state index contributed by atoms with van der Waals surface area (Å²) in [7, 11) is 0. The fraction of sp³-hybridized carbons (Fsp3) is 0.615. The molecule has 0 bridgehead atoms. The van der Waals surface area contributed by atoms with E-state index in [1.54, 1.807) is 16.8 Å². The van der Waals surface area contributed by atoms with Crippen LogP contribution in [0.1, 0.15) is 26.8 Å². The Balaban J connectivity index is 2.18. The normalized spacial score (nSPS) is 17.1. The van der Waals surface area contributed by atoms with E-state index in [1.165, 1.54) is 0 Å². The van der Waals surface area contributed by atoms with E-state index in [-0.39, 0.29) is 11.7 Å². The molecule has 0 aliphatic carbocycles. The highest BCUT2D eigenvalue weighted by Crippen LogP contribution is 2.09. The summed E-state index contributed by atoms with van der Waals surface area (Å²) in [6, 6.07) is 1.88. The summed E-state index contributed by atoms with van der Waals surface area (Å²) in [5, 5.41) is 0. The first kappa shape index (κ1) is 13.7. The highest BCUT2D eigenvalue weighted by atomic mass is 16.5. The van der Waals surface area contributed by atoms with Gasteiger partial charge in [0.1, 0.15) is 5.84 Å². The van der Waals surface area contributed by atoms with Crippen LogP contribution in [0.2, 0.25) is 0 Å². The van der Waals surface area contributed by atoms with Gasteiger partial charge in [-0.3, -0.25) is 4.57 Å². The first-order valence-corrected chi connectivity index (χ1v) is 6.55. The molecule has 0 atom stereocenters. The van der Waals surface area contributed by atoms with Crippen molar-refractivity contribution in [3.05, 3.63) is 22.7 Å². The van der Waals surface area contributed by atoms with Crippen molar-refractivity contribution in [1.82, 2.24) is 14.5 Å². The van der Waals surface area contributed by atoms with Gasteiger partial charge in [-0.15, -0.1) is 0 Å². The van der Waals surface area contributed by atoms with Crippen LogP contribution in [0.5, 0.6) is 0 Å². The standard InChI is InChI=1S/C13H20N4O2/c1-10(2)17-5-4-12(15-13(17)18)14-11(3)16-6-8-19-9-7-16/h4-5,10H,6-9H2,1-3H3/b14-11-. The first-order valence-electron chi connectivity index (χ1n) is 6.55. The van der Waals surface area contributed by atoms with Crippen molar-refractivity contribution >= 4 is 11.7 Å². The van der Waals surface area contributed by atoms with Crippen LogP contribution in [-0.2, 0) is 4.74 Å². The number of aromatic nitrogens is 2. The Labute approximate surface area is 112 Å². The smallest absolute Gasteiger partial charge is 0.349 e. The summed E-state index contributed by atoms with van der Waals surface area (Å²) in [4.78, 5) is 22.3.